The van der Waals surface area contributed by atoms with E-state index in [2.05, 4.69) is 69.3 Å². The Morgan fingerprint density at radius 3 is 2.50 bits per heavy atom. The number of likely N-dealkylation sites (N-methyl/N-ethyl adjacent to an activating group) is 1. The number of hydrogen-bond acceptors (Lipinski definition) is 5. The highest BCUT2D eigenvalue weighted by atomic mass is 32.1. The van der Waals surface area contributed by atoms with Crippen LogP contribution in [0.4, 0.5) is 10.8 Å². The van der Waals surface area contributed by atoms with Crippen LogP contribution in [0.2, 0.25) is 0 Å². The van der Waals surface area contributed by atoms with E-state index >= 15 is 0 Å². The second-order valence-electron chi connectivity index (χ2n) is 5.60. The second kappa shape index (κ2) is 8.57. The Morgan fingerprint density at radius 2 is 1.75 bits per heavy atom. The van der Waals surface area contributed by atoms with Crippen molar-refractivity contribution in [3.05, 3.63) is 71.0 Å². The van der Waals surface area contributed by atoms with Gasteiger partial charge in [-0.05, 0) is 48.4 Å². The smallest absolute Gasteiger partial charge is 0.187 e. The fourth-order valence-corrected chi connectivity index (χ4v) is 3.20. The number of nitrogens with one attached hydrogen (secondary N) is 2. The summed E-state index contributed by atoms with van der Waals surface area (Å²) in [7, 11) is 0. The summed E-state index contributed by atoms with van der Waals surface area (Å²) in [4.78, 5) is 8.68. The fourth-order valence-electron chi connectivity index (χ4n) is 2.44. The van der Waals surface area contributed by atoms with E-state index in [4.69, 9.17) is 0 Å². The lowest BCUT2D eigenvalue weighted by molar-refractivity contribution is 0.710. The van der Waals surface area contributed by atoms with Gasteiger partial charge in [-0.15, -0.1) is 11.3 Å². The first-order chi connectivity index (χ1) is 11.8. The van der Waals surface area contributed by atoms with Crippen molar-refractivity contribution in [1.29, 1.82) is 0 Å². The van der Waals surface area contributed by atoms with Crippen LogP contribution in [0.3, 0.4) is 0 Å². The van der Waals surface area contributed by atoms with Gasteiger partial charge in [-0.2, -0.15) is 0 Å². The molecule has 3 rings (SSSR count). The molecule has 5 heteroatoms. The van der Waals surface area contributed by atoms with Crippen molar-refractivity contribution in [2.45, 2.75) is 19.8 Å². The quantitative estimate of drug-likeness (QED) is 0.609. The van der Waals surface area contributed by atoms with Gasteiger partial charge in [0.1, 0.15) is 0 Å². The van der Waals surface area contributed by atoms with E-state index in [1.54, 1.807) is 11.3 Å². The van der Waals surface area contributed by atoms with Crippen LogP contribution in [0.15, 0.2) is 54.2 Å². The SMILES string of the molecule is CCNCCc1csc(Nc2ccc(Cc3ccncc3)cc2)n1. The molecule has 2 aromatic heterocycles. The van der Waals surface area contributed by atoms with E-state index in [1.807, 2.05) is 12.4 Å². The van der Waals surface area contributed by atoms with Gasteiger partial charge in [0.25, 0.3) is 0 Å². The van der Waals surface area contributed by atoms with Gasteiger partial charge in [0, 0.05) is 36.4 Å². The number of benzene rings is 1. The predicted octanol–water partition coefficient (Wildman–Crippen LogP) is 4.02. The maximum absolute atomic E-state index is 4.63. The standard InChI is InChI=1S/C19H22N4S/c1-2-20-12-9-18-14-24-19(23-18)22-17-5-3-15(4-6-17)13-16-7-10-21-11-8-16/h3-8,10-11,14,20H,2,9,12-13H2,1H3,(H,22,23). The van der Waals surface area contributed by atoms with E-state index in [-0.39, 0.29) is 0 Å². The van der Waals surface area contributed by atoms with Gasteiger partial charge in [-0.3, -0.25) is 4.98 Å². The lowest BCUT2D eigenvalue weighted by Gasteiger charge is -2.05. The van der Waals surface area contributed by atoms with Crippen LogP contribution in [-0.2, 0) is 12.8 Å². The highest BCUT2D eigenvalue weighted by molar-refractivity contribution is 7.13. The molecule has 1 aromatic carbocycles. The molecule has 0 saturated heterocycles. The Morgan fingerprint density at radius 1 is 1.00 bits per heavy atom. The molecule has 0 bridgehead atoms. The molecule has 24 heavy (non-hydrogen) atoms. The first-order valence-electron chi connectivity index (χ1n) is 8.23. The van der Waals surface area contributed by atoms with Crippen LogP contribution < -0.4 is 10.6 Å². The number of hydrogen-bond donors (Lipinski definition) is 2. The average Bonchev–Trinajstić information content (AvgIpc) is 3.05. The summed E-state index contributed by atoms with van der Waals surface area (Å²) >= 11 is 1.65. The largest absolute Gasteiger partial charge is 0.332 e. The lowest BCUT2D eigenvalue weighted by Crippen LogP contribution is -2.16. The Balaban J connectivity index is 1.56. The van der Waals surface area contributed by atoms with E-state index in [9.17, 15) is 0 Å². The molecule has 0 aliphatic carbocycles. The third-order valence-electron chi connectivity index (χ3n) is 3.72. The molecule has 0 spiro atoms. The van der Waals surface area contributed by atoms with Crippen molar-refractivity contribution < 1.29 is 0 Å². The fraction of sp³-hybridized carbons (Fsp3) is 0.263. The molecule has 0 atom stereocenters. The number of nitrogens with zero attached hydrogens (tertiary/aromatic N) is 2. The van der Waals surface area contributed by atoms with Crippen LogP contribution in [0.1, 0.15) is 23.7 Å². The number of anilines is 2. The van der Waals surface area contributed by atoms with Gasteiger partial charge in [0.05, 0.1) is 5.69 Å². The maximum atomic E-state index is 4.63. The topological polar surface area (TPSA) is 49.8 Å². The molecule has 0 aliphatic heterocycles. The molecule has 0 unspecified atom stereocenters. The number of pyridine rings is 1. The van der Waals surface area contributed by atoms with Gasteiger partial charge < -0.3 is 10.6 Å². The first kappa shape index (κ1) is 16.6. The first-order valence-corrected chi connectivity index (χ1v) is 9.11. The Hall–Kier alpha value is -2.24. The zero-order valence-corrected chi connectivity index (χ0v) is 14.6. The third-order valence-corrected chi connectivity index (χ3v) is 4.53. The average molecular weight is 338 g/mol. The number of rotatable bonds is 8. The lowest BCUT2D eigenvalue weighted by atomic mass is 10.1. The van der Waals surface area contributed by atoms with Crippen molar-refractivity contribution in [2.75, 3.05) is 18.4 Å². The molecule has 2 heterocycles. The molecule has 0 radical (unpaired) electrons. The summed E-state index contributed by atoms with van der Waals surface area (Å²) in [6.45, 7) is 4.09. The third kappa shape index (κ3) is 4.88. The molecule has 0 saturated carbocycles. The van der Waals surface area contributed by atoms with Crippen LogP contribution in [0.25, 0.3) is 0 Å². The molecule has 4 nitrogen and oxygen atoms in total. The molecule has 0 aliphatic rings. The highest BCUT2D eigenvalue weighted by Gasteiger charge is 2.03. The number of thiazole rings is 1. The Labute approximate surface area is 147 Å². The van der Waals surface area contributed by atoms with E-state index in [0.717, 1.165) is 42.4 Å². The van der Waals surface area contributed by atoms with Gasteiger partial charge in [0.2, 0.25) is 0 Å². The highest BCUT2D eigenvalue weighted by Crippen LogP contribution is 2.22. The van der Waals surface area contributed by atoms with E-state index in [0.29, 0.717) is 0 Å². The Kier molecular flexibility index (Phi) is 5.93. The Bertz CT molecular complexity index is 738. The predicted molar refractivity (Wildman–Crippen MR) is 101 cm³/mol. The minimum absolute atomic E-state index is 0.925. The van der Waals surface area contributed by atoms with Gasteiger partial charge in [0.15, 0.2) is 5.13 Å². The van der Waals surface area contributed by atoms with E-state index < -0.39 is 0 Å². The molecule has 0 amide bonds. The van der Waals surface area contributed by atoms with Crippen molar-refractivity contribution in [2.24, 2.45) is 0 Å². The van der Waals surface area contributed by atoms with Crippen LogP contribution in [0, 0.1) is 0 Å². The molecular weight excluding hydrogens is 316 g/mol. The van der Waals surface area contributed by atoms with Crippen molar-refractivity contribution >= 4 is 22.2 Å². The summed E-state index contributed by atoms with van der Waals surface area (Å²) in [6, 6.07) is 12.6. The van der Waals surface area contributed by atoms with Crippen molar-refractivity contribution in [3.63, 3.8) is 0 Å². The molecular formula is C19H22N4S. The minimum Gasteiger partial charge on any atom is -0.332 e. The summed E-state index contributed by atoms with van der Waals surface area (Å²) in [6.07, 6.45) is 5.56. The molecule has 3 aromatic rings. The summed E-state index contributed by atoms with van der Waals surface area (Å²) < 4.78 is 0. The normalized spacial score (nSPS) is 10.7. The van der Waals surface area contributed by atoms with Crippen molar-refractivity contribution in [1.82, 2.24) is 15.3 Å². The van der Waals surface area contributed by atoms with Crippen LogP contribution in [0.5, 0.6) is 0 Å². The molecule has 2 N–H and O–H groups in total. The van der Waals surface area contributed by atoms with Gasteiger partial charge in [-0.1, -0.05) is 19.1 Å². The summed E-state index contributed by atoms with van der Waals surface area (Å²) in [5.41, 5.74) is 4.77. The zero-order valence-electron chi connectivity index (χ0n) is 13.8. The zero-order chi connectivity index (χ0) is 16.6. The number of aromatic nitrogens is 2. The summed E-state index contributed by atoms with van der Waals surface area (Å²) in [5, 5.41) is 9.78. The maximum Gasteiger partial charge on any atom is 0.187 e. The van der Waals surface area contributed by atoms with Crippen LogP contribution >= 0.6 is 11.3 Å². The van der Waals surface area contributed by atoms with Gasteiger partial charge in [-0.25, -0.2) is 4.98 Å². The van der Waals surface area contributed by atoms with Crippen LogP contribution in [-0.4, -0.2) is 23.1 Å². The molecule has 0 fully saturated rings. The van der Waals surface area contributed by atoms with E-state index in [1.165, 1.54) is 11.1 Å². The minimum atomic E-state index is 0.925. The monoisotopic (exact) mass is 338 g/mol. The summed E-state index contributed by atoms with van der Waals surface area (Å²) in [5.74, 6) is 0. The van der Waals surface area contributed by atoms with Gasteiger partial charge >= 0.3 is 0 Å². The van der Waals surface area contributed by atoms with Crippen molar-refractivity contribution in [3.8, 4) is 0 Å². The second-order valence-corrected chi connectivity index (χ2v) is 6.46. The molecule has 124 valence electrons.